The van der Waals surface area contributed by atoms with Crippen LogP contribution in [0, 0.1) is 0 Å². The molecule has 0 amide bonds. The number of aromatic nitrogens is 6. The Labute approximate surface area is 88.5 Å². The van der Waals surface area contributed by atoms with E-state index in [1.807, 2.05) is 26.5 Å². The first-order chi connectivity index (χ1) is 6.74. The topological polar surface area (TPSA) is 61.4 Å². The summed E-state index contributed by atoms with van der Waals surface area (Å²) in [7, 11) is 6.70. The average molecular weight is 228 g/mol. The van der Waals surface area contributed by atoms with E-state index in [9.17, 15) is 0 Å². The molecule has 0 N–H and O–H groups in total. The molecule has 0 bridgehead atoms. The molecule has 0 saturated heterocycles. The van der Waals surface area contributed by atoms with E-state index in [-0.39, 0.29) is 0 Å². The molecule has 8 heteroatoms. The monoisotopic (exact) mass is 228 g/mol. The second-order valence-corrected chi connectivity index (χ2v) is 4.80. The Morgan fingerprint density at radius 3 is 1.64 bits per heavy atom. The smallest absolute Gasteiger partial charge is 0.149 e. The first-order valence-electron chi connectivity index (χ1n) is 3.81. The summed E-state index contributed by atoms with van der Waals surface area (Å²) in [5.41, 5.74) is 0. The number of rotatable bonds is 3. The largest absolute Gasteiger partial charge is 0.254 e. The molecule has 6 nitrogen and oxygen atoms in total. The van der Waals surface area contributed by atoms with Crippen LogP contribution < -0.4 is 0 Å². The third-order valence-corrected chi connectivity index (χ3v) is 3.45. The maximum absolute atomic E-state index is 3.94. The van der Waals surface area contributed by atoms with Crippen LogP contribution in [0.2, 0.25) is 0 Å². The van der Waals surface area contributed by atoms with Gasteiger partial charge in [-0.05, 0) is 21.6 Å². The second kappa shape index (κ2) is 4.01. The first-order valence-corrected chi connectivity index (χ1v) is 5.96. The Balaban J connectivity index is 1.94. The lowest BCUT2D eigenvalue weighted by Crippen LogP contribution is -1.85. The molecule has 0 saturated carbocycles. The molecular weight excluding hydrogens is 220 g/mol. The van der Waals surface area contributed by atoms with Crippen LogP contribution >= 0.6 is 21.6 Å². The Kier molecular flexibility index (Phi) is 2.73. The zero-order valence-corrected chi connectivity index (χ0v) is 9.29. The van der Waals surface area contributed by atoms with Crippen molar-refractivity contribution in [2.45, 2.75) is 10.1 Å². The fourth-order valence-corrected chi connectivity index (χ4v) is 2.49. The molecule has 0 aliphatic carbocycles. The molecule has 74 valence electrons. The van der Waals surface area contributed by atoms with Crippen LogP contribution in [0.5, 0.6) is 0 Å². The molecule has 2 rings (SSSR count). The highest BCUT2D eigenvalue weighted by atomic mass is 33.1. The normalized spacial score (nSPS) is 10.7. The lowest BCUT2D eigenvalue weighted by Gasteiger charge is -1.89. The van der Waals surface area contributed by atoms with E-state index in [2.05, 4.69) is 20.6 Å². The van der Waals surface area contributed by atoms with Crippen molar-refractivity contribution < 1.29 is 0 Å². The predicted molar refractivity (Wildman–Crippen MR) is 53.7 cm³/mol. The summed E-state index contributed by atoms with van der Waals surface area (Å²) >= 11 is 0. The molecule has 2 heterocycles. The van der Waals surface area contributed by atoms with E-state index in [1.54, 1.807) is 9.36 Å². The van der Waals surface area contributed by atoms with Gasteiger partial charge in [-0.15, -0.1) is 10.2 Å². The van der Waals surface area contributed by atoms with Crippen LogP contribution in [0.4, 0.5) is 0 Å². The predicted octanol–water partition coefficient (Wildman–Crippen LogP) is 0.743. The molecule has 0 spiro atoms. The third-order valence-electron chi connectivity index (χ3n) is 1.38. The highest BCUT2D eigenvalue weighted by Gasteiger charge is 2.03. The number of nitrogens with zero attached hydrogens (tertiary/aromatic N) is 6. The van der Waals surface area contributed by atoms with Crippen molar-refractivity contribution >= 4 is 21.6 Å². The molecule has 0 aromatic carbocycles. The third kappa shape index (κ3) is 2.26. The second-order valence-electron chi connectivity index (χ2n) is 2.63. The summed E-state index contributed by atoms with van der Waals surface area (Å²) in [6, 6.07) is 0. The molecule has 14 heavy (non-hydrogen) atoms. The van der Waals surface area contributed by atoms with Gasteiger partial charge in [-0.1, -0.05) is 10.4 Å². The number of hydrogen-bond acceptors (Lipinski definition) is 6. The molecule has 0 aliphatic heterocycles. The van der Waals surface area contributed by atoms with Crippen molar-refractivity contribution in [1.29, 1.82) is 0 Å². The minimum Gasteiger partial charge on any atom is -0.254 e. The molecule has 2 aromatic heterocycles. The summed E-state index contributed by atoms with van der Waals surface area (Å²) in [6.45, 7) is 0. The maximum Gasteiger partial charge on any atom is 0.149 e. The van der Waals surface area contributed by atoms with Crippen LogP contribution in [-0.2, 0) is 14.1 Å². The summed E-state index contributed by atoms with van der Waals surface area (Å²) in [6.07, 6.45) is 3.71. The number of hydrogen-bond donors (Lipinski definition) is 0. The van der Waals surface area contributed by atoms with Gasteiger partial charge in [-0.3, -0.25) is 9.36 Å². The summed E-state index contributed by atoms with van der Waals surface area (Å²) < 4.78 is 3.33. The molecule has 0 aliphatic rings. The van der Waals surface area contributed by atoms with Crippen LogP contribution in [0.3, 0.4) is 0 Å². The van der Waals surface area contributed by atoms with Gasteiger partial charge in [0, 0.05) is 14.1 Å². The van der Waals surface area contributed by atoms with Gasteiger partial charge < -0.3 is 0 Å². The molecule has 0 unspecified atom stereocenters. The Hall–Kier alpha value is -1.02. The van der Waals surface area contributed by atoms with Crippen molar-refractivity contribution in [2.24, 2.45) is 14.1 Å². The van der Waals surface area contributed by atoms with Gasteiger partial charge in [0.25, 0.3) is 0 Å². The Morgan fingerprint density at radius 2 is 1.36 bits per heavy atom. The molecule has 2 aromatic rings. The van der Waals surface area contributed by atoms with Gasteiger partial charge in [0.1, 0.15) is 10.1 Å². The van der Waals surface area contributed by atoms with Crippen LogP contribution in [0.1, 0.15) is 0 Å². The van der Waals surface area contributed by atoms with E-state index in [0.717, 1.165) is 10.1 Å². The molecular formula is C6H8N6S2. The van der Waals surface area contributed by atoms with Crippen LogP contribution in [0.15, 0.2) is 22.4 Å². The molecule has 0 radical (unpaired) electrons. The first kappa shape index (κ1) is 9.53. The van der Waals surface area contributed by atoms with E-state index < -0.39 is 0 Å². The van der Waals surface area contributed by atoms with E-state index in [0.29, 0.717) is 0 Å². The van der Waals surface area contributed by atoms with Crippen molar-refractivity contribution in [1.82, 2.24) is 30.0 Å². The van der Waals surface area contributed by atoms with E-state index >= 15 is 0 Å². The van der Waals surface area contributed by atoms with E-state index in [4.69, 9.17) is 0 Å². The summed E-state index contributed by atoms with van der Waals surface area (Å²) in [5, 5.41) is 17.3. The van der Waals surface area contributed by atoms with E-state index in [1.165, 1.54) is 21.6 Å². The van der Waals surface area contributed by atoms with Crippen molar-refractivity contribution in [2.75, 3.05) is 0 Å². The van der Waals surface area contributed by atoms with Crippen molar-refractivity contribution in [3.63, 3.8) is 0 Å². The van der Waals surface area contributed by atoms with Crippen molar-refractivity contribution in [3.8, 4) is 0 Å². The lowest BCUT2D eigenvalue weighted by molar-refractivity contribution is 0.712. The Bertz CT molecular complexity index is 381. The highest BCUT2D eigenvalue weighted by Crippen LogP contribution is 2.34. The van der Waals surface area contributed by atoms with Gasteiger partial charge >= 0.3 is 0 Å². The van der Waals surface area contributed by atoms with Gasteiger partial charge in [-0.25, -0.2) is 0 Å². The fourth-order valence-electron chi connectivity index (χ4n) is 0.814. The van der Waals surface area contributed by atoms with Crippen molar-refractivity contribution in [3.05, 3.63) is 12.4 Å². The lowest BCUT2D eigenvalue weighted by atomic mass is 10.9. The van der Waals surface area contributed by atoms with Crippen LogP contribution in [-0.4, -0.2) is 30.0 Å². The minimum absolute atomic E-state index is 0.864. The quantitative estimate of drug-likeness (QED) is 0.722. The molecule has 0 fully saturated rings. The highest BCUT2D eigenvalue weighted by molar-refractivity contribution is 8.76. The van der Waals surface area contributed by atoms with Gasteiger partial charge in [-0.2, -0.15) is 0 Å². The van der Waals surface area contributed by atoms with Gasteiger partial charge in [0.15, 0.2) is 0 Å². The zero-order valence-electron chi connectivity index (χ0n) is 7.65. The Morgan fingerprint density at radius 1 is 0.929 bits per heavy atom. The minimum atomic E-state index is 0.864. The van der Waals surface area contributed by atoms with Gasteiger partial charge in [0.2, 0.25) is 0 Å². The standard InChI is InChI=1S/C6H8N6S2/c1-11-3-5(7-9-11)13-14-6-4-12(2)10-8-6/h3-4H,1-2H3. The molecule has 0 atom stereocenters. The fraction of sp³-hybridized carbons (Fsp3) is 0.333. The zero-order chi connectivity index (χ0) is 9.97. The maximum atomic E-state index is 3.94. The SMILES string of the molecule is Cn1cc(SSc2cn(C)nn2)nn1. The summed E-state index contributed by atoms with van der Waals surface area (Å²) in [5.74, 6) is 0. The summed E-state index contributed by atoms with van der Waals surface area (Å²) in [4.78, 5) is 0. The number of aryl methyl sites for hydroxylation is 2. The van der Waals surface area contributed by atoms with Crippen LogP contribution in [0.25, 0.3) is 0 Å². The average Bonchev–Trinajstić information content (AvgIpc) is 2.72. The van der Waals surface area contributed by atoms with Gasteiger partial charge in [0.05, 0.1) is 12.4 Å².